The van der Waals surface area contributed by atoms with Crippen molar-refractivity contribution in [3.8, 4) is 39.5 Å². The topological polar surface area (TPSA) is 72.8 Å². The van der Waals surface area contributed by atoms with Crippen molar-refractivity contribution in [3.63, 3.8) is 0 Å². The summed E-state index contributed by atoms with van der Waals surface area (Å²) in [6.45, 7) is 0. The van der Waals surface area contributed by atoms with Gasteiger partial charge < -0.3 is 14.2 Å². The summed E-state index contributed by atoms with van der Waals surface area (Å²) >= 11 is 0. The SMILES string of the molecule is C.O=P1(C(c2ccccc2O)P2(=O)Oc3ccccc3-c3ccccc32)Oc2ccccc2-c2ccccc21. The molecule has 2 unspecified atom stereocenters. The maximum Gasteiger partial charge on any atom is 0.296 e. The number of aromatic hydroxyl groups is 1. The molecule has 0 spiro atoms. The van der Waals surface area contributed by atoms with Gasteiger partial charge in [0, 0.05) is 16.7 Å². The molecule has 5 nitrogen and oxygen atoms in total. The van der Waals surface area contributed by atoms with Crippen LogP contribution in [0.3, 0.4) is 0 Å². The molecule has 0 amide bonds. The first-order chi connectivity index (χ1) is 18.5. The van der Waals surface area contributed by atoms with Gasteiger partial charge in [-0.15, -0.1) is 0 Å². The summed E-state index contributed by atoms with van der Waals surface area (Å²) in [5.74, 6) is 0.752. The van der Waals surface area contributed by atoms with Crippen molar-refractivity contribution < 1.29 is 23.3 Å². The minimum absolute atomic E-state index is 0. The van der Waals surface area contributed by atoms with E-state index in [1.807, 2.05) is 60.7 Å². The first-order valence-electron chi connectivity index (χ1n) is 12.3. The molecule has 1 N–H and O–H groups in total. The predicted octanol–water partition coefficient (Wildman–Crippen LogP) is 8.35. The van der Waals surface area contributed by atoms with E-state index in [4.69, 9.17) is 9.05 Å². The molecule has 0 saturated heterocycles. The second kappa shape index (κ2) is 9.31. The molecule has 2 aliphatic rings. The van der Waals surface area contributed by atoms with Crippen molar-refractivity contribution in [2.45, 2.75) is 12.8 Å². The van der Waals surface area contributed by atoms with E-state index in [1.165, 1.54) is 6.07 Å². The van der Waals surface area contributed by atoms with E-state index in [-0.39, 0.29) is 18.7 Å². The summed E-state index contributed by atoms with van der Waals surface area (Å²) in [5, 5.41) is 10.7. The Morgan fingerprint density at radius 2 is 0.897 bits per heavy atom. The van der Waals surface area contributed by atoms with Crippen LogP contribution < -0.4 is 19.7 Å². The predicted molar refractivity (Wildman–Crippen MR) is 157 cm³/mol. The fourth-order valence-electron chi connectivity index (χ4n) is 5.51. The van der Waals surface area contributed by atoms with Crippen LogP contribution in [-0.2, 0) is 9.13 Å². The van der Waals surface area contributed by atoms with Crippen molar-refractivity contribution in [2.75, 3.05) is 0 Å². The molecule has 5 aromatic rings. The molecule has 194 valence electrons. The molecule has 0 radical (unpaired) electrons. The van der Waals surface area contributed by atoms with Crippen molar-refractivity contribution in [1.82, 2.24) is 0 Å². The van der Waals surface area contributed by atoms with E-state index in [2.05, 4.69) is 0 Å². The van der Waals surface area contributed by atoms with Crippen LogP contribution in [0.4, 0.5) is 0 Å². The third-order valence-electron chi connectivity index (χ3n) is 7.16. The van der Waals surface area contributed by atoms with E-state index < -0.39 is 20.1 Å². The fourth-order valence-corrected chi connectivity index (χ4v) is 12.8. The fraction of sp³-hybridized carbons (Fsp3) is 0.0625. The van der Waals surface area contributed by atoms with Gasteiger partial charge in [-0.3, -0.25) is 9.13 Å². The smallest absolute Gasteiger partial charge is 0.296 e. The summed E-state index contributed by atoms with van der Waals surface area (Å²) < 4.78 is 43.9. The molecule has 0 fully saturated rings. The summed E-state index contributed by atoms with van der Waals surface area (Å²) in [6.07, 6.45) is 0. The van der Waals surface area contributed by atoms with Gasteiger partial charge in [0.2, 0.25) is 0 Å². The van der Waals surface area contributed by atoms with Crippen LogP contribution in [0.2, 0.25) is 0 Å². The monoisotopic (exact) mass is 552 g/mol. The summed E-state index contributed by atoms with van der Waals surface area (Å²) in [4.78, 5) is 0. The van der Waals surface area contributed by atoms with Crippen LogP contribution in [0.5, 0.6) is 17.2 Å². The Hall–Kier alpha value is -4.04. The Kier molecular flexibility index (Phi) is 6.03. The van der Waals surface area contributed by atoms with Crippen LogP contribution in [0.1, 0.15) is 18.4 Å². The average molecular weight is 553 g/mol. The third-order valence-corrected chi connectivity index (χ3v) is 13.9. The number of hydrogen-bond donors (Lipinski definition) is 1. The molecule has 39 heavy (non-hydrogen) atoms. The summed E-state index contributed by atoms with van der Waals surface area (Å²) in [7, 11) is -8.09. The van der Waals surface area contributed by atoms with Crippen LogP contribution in [0.15, 0.2) is 121 Å². The minimum Gasteiger partial charge on any atom is -0.508 e. The highest BCUT2D eigenvalue weighted by Gasteiger charge is 2.57. The lowest BCUT2D eigenvalue weighted by Crippen LogP contribution is -2.28. The van der Waals surface area contributed by atoms with Gasteiger partial charge in [-0.25, -0.2) is 0 Å². The first-order valence-corrected chi connectivity index (χ1v) is 15.6. The average Bonchev–Trinajstić information content (AvgIpc) is 2.95. The number of rotatable bonds is 3. The molecular formula is C32H26O5P2. The largest absolute Gasteiger partial charge is 0.508 e. The molecule has 0 bridgehead atoms. The van der Waals surface area contributed by atoms with Crippen LogP contribution >= 0.6 is 14.7 Å². The number of hydrogen-bond acceptors (Lipinski definition) is 5. The number of phenolic OH excluding ortho intramolecular Hbond substituents is 1. The molecule has 2 heterocycles. The normalized spacial score (nSPS) is 20.9. The summed E-state index contributed by atoms with van der Waals surface area (Å²) in [6, 6.07) is 36.0. The second-order valence-corrected chi connectivity index (χ2v) is 14.5. The molecule has 0 saturated carbocycles. The third kappa shape index (κ3) is 3.69. The highest BCUT2D eigenvalue weighted by Crippen LogP contribution is 2.79. The lowest BCUT2D eigenvalue weighted by atomic mass is 10.0. The van der Waals surface area contributed by atoms with Gasteiger partial charge in [0.15, 0.2) is 5.40 Å². The van der Waals surface area contributed by atoms with Crippen LogP contribution in [-0.4, -0.2) is 5.11 Å². The Bertz CT molecular complexity index is 1720. The van der Waals surface area contributed by atoms with Gasteiger partial charge in [0.25, 0.3) is 14.7 Å². The molecular weight excluding hydrogens is 526 g/mol. The molecule has 2 aliphatic heterocycles. The van der Waals surface area contributed by atoms with Crippen molar-refractivity contribution >= 4 is 25.3 Å². The van der Waals surface area contributed by atoms with Crippen LogP contribution in [0.25, 0.3) is 22.3 Å². The molecule has 0 aromatic heterocycles. The van der Waals surface area contributed by atoms with Gasteiger partial charge in [-0.05, 0) is 41.5 Å². The minimum atomic E-state index is -4.04. The highest BCUT2D eigenvalue weighted by atomic mass is 31.2. The maximum atomic E-state index is 15.5. The zero-order valence-corrected chi connectivity index (χ0v) is 21.9. The molecule has 0 aliphatic carbocycles. The van der Waals surface area contributed by atoms with Gasteiger partial charge in [0.1, 0.15) is 17.2 Å². The highest BCUT2D eigenvalue weighted by molar-refractivity contribution is 7.84. The van der Waals surface area contributed by atoms with E-state index in [9.17, 15) is 5.11 Å². The van der Waals surface area contributed by atoms with Crippen molar-refractivity contribution in [3.05, 3.63) is 127 Å². The second-order valence-electron chi connectivity index (χ2n) is 9.34. The maximum absolute atomic E-state index is 15.5. The Morgan fingerprint density at radius 1 is 0.513 bits per heavy atom. The van der Waals surface area contributed by atoms with Gasteiger partial charge in [-0.1, -0.05) is 98.4 Å². The Labute approximate surface area is 227 Å². The lowest BCUT2D eigenvalue weighted by Gasteiger charge is -2.39. The van der Waals surface area contributed by atoms with Crippen molar-refractivity contribution in [2.24, 2.45) is 0 Å². The first kappa shape index (κ1) is 25.2. The van der Waals surface area contributed by atoms with Crippen LogP contribution in [0, 0.1) is 0 Å². The Morgan fingerprint density at radius 3 is 1.38 bits per heavy atom. The standard InChI is InChI=1S/C31H22O5P2.CH4/c32-26-16-6-1-15-25(26)31(37(33)29-19-9-4-13-23(29)21-11-2-7-17-27(21)35-37)38(34)30-20-10-5-14-24(30)22-12-3-8-18-28(22)36-38;/h1-20,31-32H;1H4. The number of para-hydroxylation sites is 3. The van der Waals surface area contributed by atoms with E-state index in [0.717, 1.165) is 22.3 Å². The molecule has 2 atom stereocenters. The number of phenols is 1. The molecule has 5 aromatic carbocycles. The zero-order valence-electron chi connectivity index (χ0n) is 20.1. The van der Waals surface area contributed by atoms with E-state index >= 15 is 9.13 Å². The quantitative estimate of drug-likeness (QED) is 0.228. The summed E-state index contributed by atoms with van der Waals surface area (Å²) in [5.41, 5.74) is 3.35. The van der Waals surface area contributed by atoms with Gasteiger partial charge >= 0.3 is 0 Å². The van der Waals surface area contributed by atoms with E-state index in [1.54, 1.807) is 54.6 Å². The van der Waals surface area contributed by atoms with Gasteiger partial charge in [-0.2, -0.15) is 0 Å². The Balaban J connectivity index is 0.00000277. The molecule has 7 rings (SSSR count). The number of fused-ring (bicyclic) bond motifs is 6. The zero-order chi connectivity index (χ0) is 25.9. The lowest BCUT2D eigenvalue weighted by molar-refractivity contribution is 0.451. The van der Waals surface area contributed by atoms with Gasteiger partial charge in [0.05, 0.1) is 10.6 Å². The number of benzene rings is 5. The van der Waals surface area contributed by atoms with Crippen molar-refractivity contribution in [1.29, 1.82) is 0 Å². The molecule has 7 heteroatoms. The van der Waals surface area contributed by atoms with E-state index in [0.29, 0.717) is 22.1 Å².